The second-order valence-corrected chi connectivity index (χ2v) is 5.38. The Bertz CT molecular complexity index is 784. The SMILES string of the molecule is CCOC(=O)C1C(F)=CC=CC1(F)NC(=O)c1cn(C)nc1C(F)(F)F. The number of carbonyl (C=O) groups is 2. The molecule has 1 aromatic rings. The second kappa shape index (κ2) is 6.89. The van der Waals surface area contributed by atoms with E-state index >= 15 is 4.39 Å². The number of alkyl halides is 4. The van der Waals surface area contributed by atoms with E-state index in [4.69, 9.17) is 0 Å². The van der Waals surface area contributed by atoms with Gasteiger partial charge < -0.3 is 10.1 Å². The largest absolute Gasteiger partial charge is 0.465 e. The summed E-state index contributed by atoms with van der Waals surface area (Å²) in [6.07, 6.45) is -1.90. The van der Waals surface area contributed by atoms with Crippen LogP contribution in [0.2, 0.25) is 0 Å². The number of aromatic nitrogens is 2. The van der Waals surface area contributed by atoms with Crippen molar-refractivity contribution in [3.8, 4) is 0 Å². The number of aryl methyl sites for hydroxylation is 1. The Morgan fingerprint density at radius 1 is 1.42 bits per heavy atom. The van der Waals surface area contributed by atoms with Gasteiger partial charge >= 0.3 is 12.1 Å². The van der Waals surface area contributed by atoms with E-state index in [1.807, 2.05) is 0 Å². The van der Waals surface area contributed by atoms with E-state index in [-0.39, 0.29) is 6.61 Å². The molecule has 0 spiro atoms. The average Bonchev–Trinajstić information content (AvgIpc) is 2.89. The molecule has 2 atom stereocenters. The zero-order valence-electron chi connectivity index (χ0n) is 13.6. The molecule has 2 rings (SSSR count). The zero-order chi connectivity index (χ0) is 19.7. The maximum atomic E-state index is 15.1. The molecule has 1 aromatic heterocycles. The molecular formula is C15H14F5N3O3. The minimum atomic E-state index is -4.97. The lowest BCUT2D eigenvalue weighted by Crippen LogP contribution is -2.53. The Hall–Kier alpha value is -2.72. The van der Waals surface area contributed by atoms with Crippen molar-refractivity contribution in [3.05, 3.63) is 41.5 Å². The average molecular weight is 379 g/mol. The topological polar surface area (TPSA) is 73.2 Å². The Morgan fingerprint density at radius 3 is 2.65 bits per heavy atom. The molecule has 0 bridgehead atoms. The molecule has 1 amide bonds. The van der Waals surface area contributed by atoms with Crippen LogP contribution >= 0.6 is 0 Å². The summed E-state index contributed by atoms with van der Waals surface area (Å²) in [6, 6.07) is 0. The summed E-state index contributed by atoms with van der Waals surface area (Å²) in [5.41, 5.74) is -2.51. The Morgan fingerprint density at radius 2 is 2.08 bits per heavy atom. The highest BCUT2D eigenvalue weighted by molar-refractivity contribution is 5.96. The predicted octanol–water partition coefficient (Wildman–Crippen LogP) is 2.44. The van der Waals surface area contributed by atoms with Gasteiger partial charge in [-0.1, -0.05) is 6.08 Å². The second-order valence-electron chi connectivity index (χ2n) is 5.38. The van der Waals surface area contributed by atoms with Crippen LogP contribution in [0.4, 0.5) is 22.0 Å². The summed E-state index contributed by atoms with van der Waals surface area (Å²) < 4.78 is 73.3. The first-order valence-corrected chi connectivity index (χ1v) is 7.33. The van der Waals surface area contributed by atoms with Crippen molar-refractivity contribution in [2.75, 3.05) is 6.61 Å². The number of rotatable bonds is 4. The molecule has 11 heteroatoms. The minimum Gasteiger partial charge on any atom is -0.465 e. The fourth-order valence-electron chi connectivity index (χ4n) is 2.40. The zero-order valence-corrected chi connectivity index (χ0v) is 13.6. The number of amides is 1. The highest BCUT2D eigenvalue weighted by Gasteiger charge is 2.49. The number of nitrogens with zero attached hydrogens (tertiary/aromatic N) is 2. The van der Waals surface area contributed by atoms with Crippen LogP contribution in [0.25, 0.3) is 0 Å². The number of hydrogen-bond donors (Lipinski definition) is 1. The molecular weight excluding hydrogens is 365 g/mol. The minimum absolute atomic E-state index is 0.183. The summed E-state index contributed by atoms with van der Waals surface area (Å²) in [5, 5.41) is 4.76. The first-order valence-electron chi connectivity index (χ1n) is 7.33. The third-order valence-corrected chi connectivity index (χ3v) is 3.46. The van der Waals surface area contributed by atoms with E-state index < -0.39 is 46.8 Å². The van der Waals surface area contributed by atoms with E-state index in [9.17, 15) is 27.2 Å². The standard InChI is InChI=1S/C15H14F5N3O3/c1-3-26-13(25)10-9(16)5-4-6-14(10,17)21-12(24)8-7-23(2)22-11(8)15(18,19)20/h4-7,10H,3H2,1-2H3,(H,21,24). The molecule has 0 fully saturated rings. The van der Waals surface area contributed by atoms with Crippen LogP contribution < -0.4 is 5.32 Å². The number of carbonyl (C=O) groups excluding carboxylic acids is 2. The summed E-state index contributed by atoms with van der Waals surface area (Å²) in [4.78, 5) is 24.0. The van der Waals surface area contributed by atoms with Crippen molar-refractivity contribution in [1.29, 1.82) is 0 Å². The fourth-order valence-corrected chi connectivity index (χ4v) is 2.40. The number of halogens is 5. The van der Waals surface area contributed by atoms with Crippen LogP contribution in [0, 0.1) is 5.92 Å². The molecule has 0 radical (unpaired) electrons. The van der Waals surface area contributed by atoms with E-state index in [2.05, 4.69) is 9.84 Å². The Labute approximate surface area is 144 Å². The van der Waals surface area contributed by atoms with Crippen molar-refractivity contribution in [2.24, 2.45) is 13.0 Å². The van der Waals surface area contributed by atoms with E-state index in [1.54, 1.807) is 5.32 Å². The van der Waals surface area contributed by atoms with Gasteiger partial charge in [0.05, 0.1) is 12.2 Å². The normalized spacial score (nSPS) is 22.7. The van der Waals surface area contributed by atoms with Crippen molar-refractivity contribution in [2.45, 2.75) is 18.9 Å². The molecule has 26 heavy (non-hydrogen) atoms. The molecule has 142 valence electrons. The first kappa shape index (κ1) is 19.6. The molecule has 1 aliphatic rings. The summed E-state index contributed by atoms with van der Waals surface area (Å²) >= 11 is 0. The molecule has 0 saturated carbocycles. The van der Waals surface area contributed by atoms with Crippen LogP contribution in [0.5, 0.6) is 0 Å². The molecule has 0 aliphatic heterocycles. The van der Waals surface area contributed by atoms with Gasteiger partial charge in [0.2, 0.25) is 5.79 Å². The van der Waals surface area contributed by atoms with E-state index in [0.717, 1.165) is 30.1 Å². The highest BCUT2D eigenvalue weighted by atomic mass is 19.4. The lowest BCUT2D eigenvalue weighted by atomic mass is 9.91. The lowest BCUT2D eigenvalue weighted by molar-refractivity contribution is -0.152. The summed E-state index contributed by atoms with van der Waals surface area (Å²) in [6.45, 7) is 1.22. The lowest BCUT2D eigenvalue weighted by Gasteiger charge is -2.31. The number of esters is 1. The van der Waals surface area contributed by atoms with Crippen LogP contribution in [0.15, 0.2) is 30.3 Å². The van der Waals surface area contributed by atoms with Gasteiger partial charge in [-0.15, -0.1) is 0 Å². The molecule has 1 heterocycles. The highest BCUT2D eigenvalue weighted by Crippen LogP contribution is 2.35. The number of nitrogens with one attached hydrogen (secondary N) is 1. The van der Waals surface area contributed by atoms with Crippen LogP contribution in [0.3, 0.4) is 0 Å². The predicted molar refractivity (Wildman–Crippen MR) is 78.0 cm³/mol. The molecule has 6 nitrogen and oxygen atoms in total. The third-order valence-electron chi connectivity index (χ3n) is 3.46. The van der Waals surface area contributed by atoms with Gasteiger partial charge in [0.15, 0.2) is 11.6 Å². The van der Waals surface area contributed by atoms with Gasteiger partial charge in [-0.05, 0) is 19.1 Å². The van der Waals surface area contributed by atoms with Gasteiger partial charge in [-0.3, -0.25) is 14.3 Å². The van der Waals surface area contributed by atoms with Gasteiger partial charge in [-0.2, -0.15) is 18.3 Å². The quantitative estimate of drug-likeness (QED) is 0.496. The van der Waals surface area contributed by atoms with Gasteiger partial charge in [0.25, 0.3) is 5.91 Å². The molecule has 0 saturated heterocycles. The maximum Gasteiger partial charge on any atom is 0.435 e. The smallest absolute Gasteiger partial charge is 0.435 e. The summed E-state index contributed by atoms with van der Waals surface area (Å²) in [5.74, 6) is -9.35. The van der Waals surface area contributed by atoms with Crippen LogP contribution in [0.1, 0.15) is 23.0 Å². The van der Waals surface area contributed by atoms with E-state index in [1.165, 1.54) is 6.92 Å². The number of allylic oxidation sites excluding steroid dienone is 2. The molecule has 1 N–H and O–H groups in total. The van der Waals surface area contributed by atoms with Crippen molar-refractivity contribution >= 4 is 11.9 Å². The van der Waals surface area contributed by atoms with Gasteiger partial charge in [0, 0.05) is 13.2 Å². The Balaban J connectivity index is 2.36. The van der Waals surface area contributed by atoms with E-state index in [0.29, 0.717) is 6.08 Å². The summed E-state index contributed by atoms with van der Waals surface area (Å²) in [7, 11) is 1.14. The molecule has 1 aliphatic carbocycles. The molecule has 0 aromatic carbocycles. The first-order chi connectivity index (χ1) is 12.0. The fraction of sp³-hybridized carbons (Fsp3) is 0.400. The molecule has 2 unspecified atom stereocenters. The van der Waals surface area contributed by atoms with Crippen LogP contribution in [-0.2, 0) is 22.8 Å². The third kappa shape index (κ3) is 3.75. The van der Waals surface area contributed by atoms with Gasteiger partial charge in [-0.25, -0.2) is 8.78 Å². The van der Waals surface area contributed by atoms with Crippen molar-refractivity contribution in [1.82, 2.24) is 15.1 Å². The Kier molecular flexibility index (Phi) is 5.19. The maximum absolute atomic E-state index is 15.1. The van der Waals surface area contributed by atoms with Crippen LogP contribution in [-0.4, -0.2) is 34.1 Å². The monoisotopic (exact) mass is 379 g/mol. The van der Waals surface area contributed by atoms with Gasteiger partial charge in [0.1, 0.15) is 5.83 Å². The van der Waals surface area contributed by atoms with Crippen molar-refractivity contribution < 1.29 is 36.3 Å². The van der Waals surface area contributed by atoms with Crippen molar-refractivity contribution in [3.63, 3.8) is 0 Å². The number of hydrogen-bond acceptors (Lipinski definition) is 4. The number of ether oxygens (including phenoxy) is 1.